The number of hydrogen-bond donors (Lipinski definition) is 1. The van der Waals surface area contributed by atoms with Crippen LogP contribution in [0.3, 0.4) is 0 Å². The van der Waals surface area contributed by atoms with Crippen LogP contribution >= 0.6 is 0 Å². The third-order valence-corrected chi connectivity index (χ3v) is 5.54. The minimum Gasteiger partial charge on any atom is -0.379 e. The Morgan fingerprint density at radius 3 is 2.60 bits per heavy atom. The van der Waals surface area contributed by atoms with E-state index in [-0.39, 0.29) is 5.60 Å². The number of ether oxygens (including phenoxy) is 1. The molecule has 3 heteroatoms. The molecule has 2 aliphatic rings. The lowest BCUT2D eigenvalue weighted by Gasteiger charge is -2.49. The molecule has 1 aliphatic heterocycles. The van der Waals surface area contributed by atoms with Crippen LogP contribution in [0.5, 0.6) is 0 Å². The maximum absolute atomic E-state index is 5.61. The molecule has 2 fully saturated rings. The Kier molecular flexibility index (Phi) is 5.14. The molecule has 1 saturated carbocycles. The summed E-state index contributed by atoms with van der Waals surface area (Å²) in [7, 11) is 1.83. The van der Waals surface area contributed by atoms with Crippen LogP contribution in [0.2, 0.25) is 0 Å². The number of hydrogen-bond acceptors (Lipinski definition) is 3. The van der Waals surface area contributed by atoms with E-state index < -0.39 is 0 Å². The zero-order valence-electron chi connectivity index (χ0n) is 14.2. The third kappa shape index (κ3) is 3.75. The predicted octanol–water partition coefficient (Wildman–Crippen LogP) is 3.04. The number of nitrogens with one attached hydrogen (secondary N) is 1. The first-order valence-electron chi connectivity index (χ1n) is 8.45. The Hall–Kier alpha value is -0.120. The van der Waals surface area contributed by atoms with Gasteiger partial charge in [-0.1, -0.05) is 13.3 Å². The Morgan fingerprint density at radius 1 is 1.35 bits per heavy atom. The van der Waals surface area contributed by atoms with E-state index in [2.05, 4.69) is 37.9 Å². The Balaban J connectivity index is 1.98. The van der Waals surface area contributed by atoms with Gasteiger partial charge in [-0.3, -0.25) is 4.90 Å². The van der Waals surface area contributed by atoms with E-state index in [9.17, 15) is 0 Å². The first kappa shape index (κ1) is 16.3. The number of rotatable bonds is 7. The summed E-state index contributed by atoms with van der Waals surface area (Å²) in [4.78, 5) is 2.77. The van der Waals surface area contributed by atoms with Gasteiger partial charge >= 0.3 is 0 Å². The number of nitrogens with zero attached hydrogens (tertiary/aromatic N) is 1. The zero-order valence-corrected chi connectivity index (χ0v) is 14.2. The molecule has 0 aromatic rings. The summed E-state index contributed by atoms with van der Waals surface area (Å²) in [6, 6.07) is 0.678. The molecule has 0 bridgehead atoms. The zero-order chi connectivity index (χ0) is 14.8. The van der Waals surface area contributed by atoms with Crippen molar-refractivity contribution in [3.63, 3.8) is 0 Å². The van der Waals surface area contributed by atoms with Gasteiger partial charge in [0.1, 0.15) is 0 Å². The number of methoxy groups -OCH3 is 1. The minimum atomic E-state index is -0.00438. The Morgan fingerprint density at radius 2 is 2.05 bits per heavy atom. The van der Waals surface area contributed by atoms with Crippen LogP contribution in [0.1, 0.15) is 59.8 Å². The van der Waals surface area contributed by atoms with Gasteiger partial charge in [-0.15, -0.1) is 0 Å². The van der Waals surface area contributed by atoms with Crippen molar-refractivity contribution >= 4 is 0 Å². The van der Waals surface area contributed by atoms with E-state index in [1.54, 1.807) is 0 Å². The van der Waals surface area contributed by atoms with Gasteiger partial charge in [0.05, 0.1) is 5.60 Å². The van der Waals surface area contributed by atoms with Crippen molar-refractivity contribution in [3.8, 4) is 0 Å². The van der Waals surface area contributed by atoms with Gasteiger partial charge in [-0.05, 0) is 52.4 Å². The monoisotopic (exact) mass is 282 g/mol. The van der Waals surface area contributed by atoms with Crippen molar-refractivity contribution in [2.45, 2.75) is 77.0 Å². The van der Waals surface area contributed by atoms with Crippen molar-refractivity contribution < 1.29 is 4.74 Å². The summed E-state index contributed by atoms with van der Waals surface area (Å²) >= 11 is 0. The molecule has 1 aliphatic carbocycles. The van der Waals surface area contributed by atoms with E-state index >= 15 is 0 Å². The van der Waals surface area contributed by atoms with Crippen molar-refractivity contribution in [1.29, 1.82) is 0 Å². The van der Waals surface area contributed by atoms with Crippen molar-refractivity contribution in [2.75, 3.05) is 26.7 Å². The molecule has 1 N–H and O–H groups in total. The van der Waals surface area contributed by atoms with E-state index in [0.717, 1.165) is 25.4 Å². The molecule has 3 nitrogen and oxygen atoms in total. The fourth-order valence-electron chi connectivity index (χ4n) is 3.50. The summed E-state index contributed by atoms with van der Waals surface area (Å²) < 4.78 is 5.61. The van der Waals surface area contributed by atoms with Gasteiger partial charge in [0.2, 0.25) is 0 Å². The molecule has 0 radical (unpaired) electrons. The van der Waals surface area contributed by atoms with Crippen molar-refractivity contribution in [1.82, 2.24) is 10.2 Å². The lowest BCUT2D eigenvalue weighted by Crippen LogP contribution is -2.64. The molecule has 1 heterocycles. The average Bonchev–Trinajstić information content (AvgIpc) is 3.24. The quantitative estimate of drug-likeness (QED) is 0.777. The van der Waals surface area contributed by atoms with Crippen LogP contribution in [-0.2, 0) is 4.74 Å². The van der Waals surface area contributed by atoms with Crippen LogP contribution in [0.15, 0.2) is 0 Å². The van der Waals surface area contributed by atoms with Crippen molar-refractivity contribution in [3.05, 3.63) is 0 Å². The third-order valence-electron chi connectivity index (χ3n) is 5.54. The maximum atomic E-state index is 5.61. The van der Waals surface area contributed by atoms with E-state index in [0.29, 0.717) is 11.6 Å². The first-order chi connectivity index (χ1) is 9.41. The molecular formula is C17H34N2O. The second-order valence-corrected chi connectivity index (χ2v) is 7.66. The molecule has 2 atom stereocenters. The summed E-state index contributed by atoms with van der Waals surface area (Å²) in [5.74, 6) is 0.906. The van der Waals surface area contributed by atoms with E-state index in [1.165, 1.54) is 32.2 Å². The lowest BCUT2D eigenvalue weighted by atomic mass is 9.88. The fraction of sp³-hybridized carbons (Fsp3) is 1.00. The normalized spacial score (nSPS) is 32.5. The largest absolute Gasteiger partial charge is 0.379 e. The predicted molar refractivity (Wildman–Crippen MR) is 85.1 cm³/mol. The van der Waals surface area contributed by atoms with Crippen LogP contribution in [-0.4, -0.2) is 48.8 Å². The van der Waals surface area contributed by atoms with Crippen LogP contribution in [0, 0.1) is 5.92 Å². The van der Waals surface area contributed by atoms with E-state index in [1.807, 2.05) is 7.11 Å². The smallest absolute Gasteiger partial charge is 0.0634 e. The van der Waals surface area contributed by atoms with Crippen LogP contribution in [0.4, 0.5) is 0 Å². The molecule has 0 aromatic heterocycles. The topological polar surface area (TPSA) is 24.5 Å². The van der Waals surface area contributed by atoms with Gasteiger partial charge in [0.15, 0.2) is 0 Å². The minimum absolute atomic E-state index is 0.00438. The van der Waals surface area contributed by atoms with Crippen LogP contribution in [0.25, 0.3) is 0 Å². The summed E-state index contributed by atoms with van der Waals surface area (Å²) in [5, 5.41) is 3.80. The second-order valence-electron chi connectivity index (χ2n) is 7.66. The number of piperazine rings is 1. The SMILES string of the molecule is CCCC1CN(CCC(C)(C)OC)C(C)(C2CC2)CN1. The summed E-state index contributed by atoms with van der Waals surface area (Å²) in [5.41, 5.74) is 0.365. The first-order valence-corrected chi connectivity index (χ1v) is 8.45. The van der Waals surface area contributed by atoms with Gasteiger partial charge in [-0.2, -0.15) is 0 Å². The van der Waals surface area contributed by atoms with Gasteiger partial charge in [0, 0.05) is 38.3 Å². The molecule has 20 heavy (non-hydrogen) atoms. The van der Waals surface area contributed by atoms with Gasteiger partial charge in [-0.25, -0.2) is 0 Å². The average molecular weight is 282 g/mol. The summed E-state index contributed by atoms with van der Waals surface area (Å²) in [6.07, 6.45) is 6.52. The molecule has 0 spiro atoms. The molecule has 0 aromatic carbocycles. The van der Waals surface area contributed by atoms with Crippen LogP contribution < -0.4 is 5.32 Å². The lowest BCUT2D eigenvalue weighted by molar-refractivity contribution is -0.0204. The highest BCUT2D eigenvalue weighted by atomic mass is 16.5. The fourth-order valence-corrected chi connectivity index (χ4v) is 3.50. The van der Waals surface area contributed by atoms with E-state index in [4.69, 9.17) is 4.74 Å². The molecule has 0 amide bonds. The van der Waals surface area contributed by atoms with Crippen molar-refractivity contribution in [2.24, 2.45) is 5.92 Å². The summed E-state index contributed by atoms with van der Waals surface area (Å²) in [6.45, 7) is 12.7. The molecule has 2 unspecified atom stereocenters. The Labute approximate surface area is 125 Å². The van der Waals surface area contributed by atoms with Gasteiger partial charge < -0.3 is 10.1 Å². The second kappa shape index (κ2) is 6.33. The maximum Gasteiger partial charge on any atom is 0.0634 e. The highest BCUT2D eigenvalue weighted by Gasteiger charge is 2.48. The molecule has 1 saturated heterocycles. The molecule has 118 valence electrons. The molecule has 2 rings (SSSR count). The standard InChI is InChI=1S/C17H34N2O/c1-6-7-15-12-19(11-10-16(2,3)20-5)17(4,13-18-15)14-8-9-14/h14-15,18H,6-13H2,1-5H3. The highest BCUT2D eigenvalue weighted by molar-refractivity contribution is 5.05. The highest BCUT2D eigenvalue weighted by Crippen LogP contribution is 2.44. The Bertz CT molecular complexity index is 314. The molecular weight excluding hydrogens is 248 g/mol. The van der Waals surface area contributed by atoms with Gasteiger partial charge in [0.25, 0.3) is 0 Å².